The van der Waals surface area contributed by atoms with Crippen molar-refractivity contribution >= 4 is 38.1 Å². The molecular weight excluding hydrogens is 442 g/mol. The van der Waals surface area contributed by atoms with Gasteiger partial charge in [-0.05, 0) is 47.2 Å². The van der Waals surface area contributed by atoms with Crippen LogP contribution in [0.3, 0.4) is 0 Å². The van der Waals surface area contributed by atoms with Gasteiger partial charge in [-0.3, -0.25) is 5.41 Å². The Morgan fingerprint density at radius 1 is 0.879 bits per heavy atom. The number of aromatic carboxylic acids is 1. The topological polar surface area (TPSA) is 157 Å². The van der Waals surface area contributed by atoms with Gasteiger partial charge in [-0.1, -0.05) is 42.5 Å². The van der Waals surface area contributed by atoms with Crippen LogP contribution in [0.5, 0.6) is 11.5 Å². The summed E-state index contributed by atoms with van der Waals surface area (Å²) in [7, 11) is -4.06. The van der Waals surface area contributed by atoms with Crippen molar-refractivity contribution in [2.45, 2.75) is 9.79 Å². The number of nitrogen functional groups attached to an aromatic ring is 2. The Morgan fingerprint density at radius 2 is 1.61 bits per heavy atom. The van der Waals surface area contributed by atoms with Crippen molar-refractivity contribution in [3.05, 3.63) is 90.0 Å². The molecule has 8 nitrogen and oxygen atoms in total. The predicted molar refractivity (Wildman–Crippen MR) is 125 cm³/mol. The molecule has 0 unspecified atom stereocenters. The maximum Gasteiger partial charge on any atom is 0.339 e. The van der Waals surface area contributed by atoms with Crippen molar-refractivity contribution in [3.8, 4) is 11.5 Å². The van der Waals surface area contributed by atoms with Crippen LogP contribution in [0.2, 0.25) is 0 Å². The van der Waals surface area contributed by atoms with Gasteiger partial charge < -0.3 is 21.3 Å². The molecule has 0 saturated carbocycles. The molecule has 0 radical (unpaired) electrons. The minimum atomic E-state index is -4.06. The van der Waals surface area contributed by atoms with Gasteiger partial charge in [-0.25, -0.2) is 13.2 Å². The first kappa shape index (κ1) is 21.8. The summed E-state index contributed by atoms with van der Waals surface area (Å²) in [4.78, 5) is 11.7. The quantitative estimate of drug-likeness (QED) is 0.192. The smallest absolute Gasteiger partial charge is 0.339 e. The molecule has 0 amide bonds. The van der Waals surface area contributed by atoms with Crippen LogP contribution in [0.4, 0.5) is 5.69 Å². The zero-order chi connectivity index (χ0) is 23.8. The molecule has 0 aliphatic rings. The Hall–Kier alpha value is -4.37. The van der Waals surface area contributed by atoms with E-state index in [9.17, 15) is 18.3 Å². The number of hydrogen-bond acceptors (Lipinski definition) is 6. The Labute approximate surface area is 189 Å². The molecule has 0 atom stereocenters. The maximum absolute atomic E-state index is 13.3. The second kappa shape index (κ2) is 8.29. The third kappa shape index (κ3) is 4.21. The van der Waals surface area contributed by atoms with Gasteiger partial charge in [-0.15, -0.1) is 0 Å². The van der Waals surface area contributed by atoms with Gasteiger partial charge in [0.25, 0.3) is 0 Å². The molecule has 0 saturated heterocycles. The average Bonchev–Trinajstić information content (AvgIpc) is 2.79. The number of carbonyl (C=O) groups is 1. The number of sulfone groups is 1. The van der Waals surface area contributed by atoms with Gasteiger partial charge >= 0.3 is 5.97 Å². The minimum absolute atomic E-state index is 0.0137. The molecule has 0 aliphatic carbocycles. The number of nitrogens with one attached hydrogen (secondary N) is 1. The number of benzene rings is 4. The molecule has 4 aromatic rings. The predicted octanol–water partition coefficient (Wildman–Crippen LogP) is 4.03. The maximum atomic E-state index is 13.3. The van der Waals surface area contributed by atoms with E-state index in [0.29, 0.717) is 5.56 Å². The van der Waals surface area contributed by atoms with Crippen LogP contribution in [0, 0.1) is 5.41 Å². The summed E-state index contributed by atoms with van der Waals surface area (Å²) in [6.45, 7) is 0. The van der Waals surface area contributed by atoms with Crippen LogP contribution in [-0.4, -0.2) is 25.3 Å². The van der Waals surface area contributed by atoms with E-state index in [2.05, 4.69) is 0 Å². The first-order valence-corrected chi connectivity index (χ1v) is 11.2. The molecule has 0 aromatic heterocycles. The van der Waals surface area contributed by atoms with Crippen LogP contribution < -0.4 is 16.2 Å². The van der Waals surface area contributed by atoms with Gasteiger partial charge in [0.2, 0.25) is 9.84 Å². The zero-order valence-corrected chi connectivity index (χ0v) is 18.0. The summed E-state index contributed by atoms with van der Waals surface area (Å²) in [6, 6.07) is 20.3. The van der Waals surface area contributed by atoms with E-state index >= 15 is 0 Å². The zero-order valence-electron chi connectivity index (χ0n) is 17.1. The third-order valence-electron chi connectivity index (χ3n) is 5.03. The monoisotopic (exact) mass is 461 g/mol. The standard InChI is InChI=1S/C24H19N3O5S/c25-21-13-19(33(30,31)18-9-8-14-4-1-2-5-15(14)11-18)12-20(24(28)29)22(21)32-17-7-3-6-16(10-17)23(26)27/h1-13H,25H2,(H3,26,27)(H,28,29). The van der Waals surface area contributed by atoms with Crippen molar-refractivity contribution in [2.75, 3.05) is 5.73 Å². The van der Waals surface area contributed by atoms with Crippen molar-refractivity contribution in [1.82, 2.24) is 0 Å². The van der Waals surface area contributed by atoms with Gasteiger partial charge in [-0.2, -0.15) is 0 Å². The van der Waals surface area contributed by atoms with Crippen molar-refractivity contribution in [1.29, 1.82) is 5.41 Å². The van der Waals surface area contributed by atoms with Gasteiger partial charge in [0.15, 0.2) is 5.75 Å². The Morgan fingerprint density at radius 3 is 2.30 bits per heavy atom. The van der Waals surface area contributed by atoms with Crippen LogP contribution >= 0.6 is 0 Å². The fourth-order valence-corrected chi connectivity index (χ4v) is 4.72. The number of amidine groups is 1. The van der Waals surface area contributed by atoms with Gasteiger partial charge in [0.1, 0.15) is 17.1 Å². The van der Waals surface area contributed by atoms with Crippen LogP contribution in [0.1, 0.15) is 15.9 Å². The molecule has 4 aromatic carbocycles. The lowest BCUT2D eigenvalue weighted by molar-refractivity contribution is 0.0694. The highest BCUT2D eigenvalue weighted by atomic mass is 32.2. The Kier molecular flexibility index (Phi) is 5.49. The number of carboxylic acids is 1. The third-order valence-corrected chi connectivity index (χ3v) is 6.76. The van der Waals surface area contributed by atoms with Gasteiger partial charge in [0, 0.05) is 5.56 Å². The molecule has 6 N–H and O–H groups in total. The number of ether oxygens (including phenoxy) is 1. The first-order chi connectivity index (χ1) is 15.7. The molecule has 166 valence electrons. The lowest BCUT2D eigenvalue weighted by Gasteiger charge is -2.15. The number of hydrogen-bond donors (Lipinski definition) is 4. The van der Waals surface area contributed by atoms with E-state index in [1.165, 1.54) is 30.3 Å². The van der Waals surface area contributed by atoms with Crippen LogP contribution in [0.15, 0.2) is 88.7 Å². The number of rotatable bonds is 6. The molecular formula is C24H19N3O5S. The van der Waals surface area contributed by atoms with Crippen molar-refractivity contribution in [3.63, 3.8) is 0 Å². The highest BCUT2D eigenvalue weighted by Crippen LogP contribution is 2.36. The second-order valence-electron chi connectivity index (χ2n) is 7.25. The molecule has 9 heteroatoms. The van der Waals surface area contributed by atoms with Crippen molar-refractivity contribution < 1.29 is 23.1 Å². The molecule has 0 spiro atoms. The van der Waals surface area contributed by atoms with E-state index in [-0.39, 0.29) is 32.8 Å². The number of nitrogens with two attached hydrogens (primary N) is 2. The molecule has 0 bridgehead atoms. The molecule has 0 fully saturated rings. The fourth-order valence-electron chi connectivity index (χ4n) is 3.37. The minimum Gasteiger partial charge on any atom is -0.478 e. The summed E-state index contributed by atoms with van der Waals surface area (Å²) in [6.07, 6.45) is 0. The van der Waals surface area contributed by atoms with E-state index in [1.807, 2.05) is 12.1 Å². The Bertz CT molecular complexity index is 1530. The largest absolute Gasteiger partial charge is 0.478 e. The van der Waals surface area contributed by atoms with Crippen LogP contribution in [0.25, 0.3) is 10.8 Å². The fraction of sp³-hybridized carbons (Fsp3) is 0. The summed E-state index contributed by atoms with van der Waals surface area (Å²) in [5.41, 5.74) is 11.3. The summed E-state index contributed by atoms with van der Waals surface area (Å²) >= 11 is 0. The SMILES string of the molecule is N=C(N)c1cccc(Oc2c(N)cc(S(=O)(=O)c3ccc4ccccc4c3)cc2C(=O)O)c1. The normalized spacial score (nSPS) is 11.3. The molecule has 0 aliphatic heterocycles. The number of carboxylic acid groups (broad SMARTS) is 1. The summed E-state index contributed by atoms with van der Waals surface area (Å²) < 4.78 is 32.2. The van der Waals surface area contributed by atoms with E-state index in [0.717, 1.165) is 16.8 Å². The highest BCUT2D eigenvalue weighted by Gasteiger charge is 2.25. The number of anilines is 1. The van der Waals surface area contributed by atoms with Gasteiger partial charge in [0.05, 0.1) is 15.5 Å². The second-order valence-corrected chi connectivity index (χ2v) is 9.20. The first-order valence-electron chi connectivity index (χ1n) is 9.70. The highest BCUT2D eigenvalue weighted by molar-refractivity contribution is 7.91. The summed E-state index contributed by atoms with van der Waals surface area (Å²) in [5.74, 6) is -1.61. The number of fused-ring (bicyclic) bond motifs is 1. The lowest BCUT2D eigenvalue weighted by Crippen LogP contribution is -2.11. The van der Waals surface area contributed by atoms with Crippen LogP contribution in [-0.2, 0) is 9.84 Å². The van der Waals surface area contributed by atoms with Crippen molar-refractivity contribution in [2.24, 2.45) is 5.73 Å². The van der Waals surface area contributed by atoms with E-state index in [1.54, 1.807) is 30.3 Å². The average molecular weight is 461 g/mol. The molecule has 0 heterocycles. The summed E-state index contributed by atoms with van der Waals surface area (Å²) in [5, 5.41) is 18.9. The van der Waals surface area contributed by atoms with E-state index < -0.39 is 21.4 Å². The van der Waals surface area contributed by atoms with E-state index in [4.69, 9.17) is 21.6 Å². The lowest BCUT2D eigenvalue weighted by atomic mass is 10.1. The Balaban J connectivity index is 1.80. The molecule has 4 rings (SSSR count). The molecule has 33 heavy (non-hydrogen) atoms.